The van der Waals surface area contributed by atoms with E-state index in [0.29, 0.717) is 18.0 Å². The Balaban J connectivity index is 1.68. The first-order chi connectivity index (χ1) is 10.7. The molecular formula is C18H25N3O. The Hall–Kier alpha value is -1.41. The second-order valence-electron chi connectivity index (χ2n) is 6.70. The van der Waals surface area contributed by atoms with Gasteiger partial charge in [0.15, 0.2) is 0 Å². The zero-order valence-corrected chi connectivity index (χ0v) is 13.2. The lowest BCUT2D eigenvalue weighted by Crippen LogP contribution is -2.47. The number of hydrogen-bond acceptors (Lipinski definition) is 4. The van der Waals surface area contributed by atoms with Crippen molar-refractivity contribution < 1.29 is 5.11 Å². The highest BCUT2D eigenvalue weighted by Crippen LogP contribution is 2.39. The van der Waals surface area contributed by atoms with Crippen LogP contribution in [0.4, 0.5) is 0 Å². The molecular weight excluding hydrogens is 274 g/mol. The number of rotatable bonds is 5. The highest BCUT2D eigenvalue weighted by atomic mass is 16.3. The van der Waals surface area contributed by atoms with Gasteiger partial charge in [0.05, 0.1) is 24.8 Å². The number of nitriles is 1. The summed E-state index contributed by atoms with van der Waals surface area (Å²) in [5.74, 6) is 0.386. The summed E-state index contributed by atoms with van der Waals surface area (Å²) in [5.41, 5.74) is 1.04. The minimum Gasteiger partial charge on any atom is -0.394 e. The molecule has 2 fully saturated rings. The van der Waals surface area contributed by atoms with Crippen LogP contribution in [-0.4, -0.2) is 41.8 Å². The molecule has 2 heterocycles. The molecule has 0 spiro atoms. The van der Waals surface area contributed by atoms with Gasteiger partial charge in [-0.05, 0) is 44.2 Å². The van der Waals surface area contributed by atoms with E-state index in [2.05, 4.69) is 23.3 Å². The summed E-state index contributed by atoms with van der Waals surface area (Å²) in [4.78, 5) is 2.49. The normalized spacial score (nSPS) is 30.7. The van der Waals surface area contributed by atoms with Crippen molar-refractivity contribution >= 4 is 0 Å². The number of piperidine rings is 1. The molecule has 1 aromatic rings. The van der Waals surface area contributed by atoms with Crippen LogP contribution in [0.2, 0.25) is 0 Å². The van der Waals surface area contributed by atoms with Crippen molar-refractivity contribution in [2.24, 2.45) is 5.92 Å². The van der Waals surface area contributed by atoms with Crippen molar-refractivity contribution in [1.29, 1.82) is 5.26 Å². The predicted molar refractivity (Wildman–Crippen MR) is 86.1 cm³/mol. The van der Waals surface area contributed by atoms with Crippen molar-refractivity contribution in [2.45, 2.75) is 49.9 Å². The standard InChI is InChI=1S/C18H25N3O/c1-21-15-7-8-16(21)10-14(9-15)17(11-19)20-18(12-22)13-5-3-2-4-6-13/h2-6,14-18,20,22H,7-10,12H2,1H3/t14?,15?,16?,17-,18+/m1/s1. The lowest BCUT2D eigenvalue weighted by molar-refractivity contribution is 0.116. The number of nitrogens with zero attached hydrogens (tertiary/aromatic N) is 2. The first kappa shape index (κ1) is 15.5. The van der Waals surface area contributed by atoms with Gasteiger partial charge in [-0.3, -0.25) is 5.32 Å². The molecule has 2 bridgehead atoms. The molecule has 2 unspecified atom stereocenters. The maximum Gasteiger partial charge on any atom is 0.0988 e. The minimum atomic E-state index is -0.186. The highest BCUT2D eigenvalue weighted by Gasteiger charge is 2.41. The van der Waals surface area contributed by atoms with E-state index in [1.807, 2.05) is 30.3 Å². The van der Waals surface area contributed by atoms with Crippen LogP contribution in [0.5, 0.6) is 0 Å². The zero-order chi connectivity index (χ0) is 15.5. The van der Waals surface area contributed by atoms with Crippen LogP contribution in [0.25, 0.3) is 0 Å². The van der Waals surface area contributed by atoms with Crippen molar-refractivity contribution in [3.63, 3.8) is 0 Å². The summed E-state index contributed by atoms with van der Waals surface area (Å²) in [5, 5.41) is 22.7. The zero-order valence-electron chi connectivity index (χ0n) is 13.2. The van der Waals surface area contributed by atoms with E-state index in [4.69, 9.17) is 0 Å². The topological polar surface area (TPSA) is 59.3 Å². The number of aliphatic hydroxyl groups excluding tert-OH is 1. The van der Waals surface area contributed by atoms with E-state index < -0.39 is 0 Å². The van der Waals surface area contributed by atoms with Gasteiger partial charge in [-0.25, -0.2) is 0 Å². The van der Waals surface area contributed by atoms with E-state index >= 15 is 0 Å². The fraction of sp³-hybridized carbons (Fsp3) is 0.611. The Kier molecular flexibility index (Phi) is 4.77. The van der Waals surface area contributed by atoms with Gasteiger partial charge in [0.25, 0.3) is 0 Å². The lowest BCUT2D eigenvalue weighted by atomic mass is 9.85. The van der Waals surface area contributed by atoms with E-state index in [-0.39, 0.29) is 18.7 Å². The number of hydrogen-bond donors (Lipinski definition) is 2. The first-order valence-corrected chi connectivity index (χ1v) is 8.26. The van der Waals surface area contributed by atoms with Crippen LogP contribution < -0.4 is 5.32 Å². The second kappa shape index (κ2) is 6.78. The maximum absolute atomic E-state index is 9.70. The smallest absolute Gasteiger partial charge is 0.0988 e. The van der Waals surface area contributed by atoms with E-state index in [1.165, 1.54) is 12.8 Å². The molecule has 0 saturated carbocycles. The van der Waals surface area contributed by atoms with Crippen molar-refractivity contribution in [2.75, 3.05) is 13.7 Å². The van der Waals surface area contributed by atoms with Crippen LogP contribution in [0, 0.1) is 17.2 Å². The Morgan fingerprint density at radius 3 is 2.45 bits per heavy atom. The Bertz CT molecular complexity index is 513. The van der Waals surface area contributed by atoms with Crippen molar-refractivity contribution in [3.8, 4) is 6.07 Å². The van der Waals surface area contributed by atoms with Crippen LogP contribution in [0.1, 0.15) is 37.3 Å². The highest BCUT2D eigenvalue weighted by molar-refractivity contribution is 5.20. The lowest BCUT2D eigenvalue weighted by Gasteiger charge is -2.39. The molecule has 3 rings (SSSR count). The number of fused-ring (bicyclic) bond motifs is 2. The van der Waals surface area contributed by atoms with Gasteiger partial charge in [-0.1, -0.05) is 30.3 Å². The van der Waals surface area contributed by atoms with E-state index in [1.54, 1.807) is 0 Å². The van der Waals surface area contributed by atoms with Gasteiger partial charge < -0.3 is 10.0 Å². The van der Waals surface area contributed by atoms with Crippen LogP contribution >= 0.6 is 0 Å². The number of nitrogens with one attached hydrogen (secondary N) is 1. The molecule has 1 aromatic carbocycles. The van der Waals surface area contributed by atoms with Gasteiger partial charge in [0.2, 0.25) is 0 Å². The molecule has 2 saturated heterocycles. The first-order valence-electron chi connectivity index (χ1n) is 8.26. The van der Waals surface area contributed by atoms with Crippen molar-refractivity contribution in [3.05, 3.63) is 35.9 Å². The number of aliphatic hydroxyl groups is 1. The molecule has 4 heteroatoms. The second-order valence-corrected chi connectivity index (χ2v) is 6.70. The van der Waals surface area contributed by atoms with Crippen LogP contribution in [0.3, 0.4) is 0 Å². The van der Waals surface area contributed by atoms with Gasteiger partial charge in [0, 0.05) is 12.1 Å². The summed E-state index contributed by atoms with van der Waals surface area (Å²) in [6.45, 7) is 0.0155. The van der Waals surface area contributed by atoms with E-state index in [9.17, 15) is 10.4 Å². The Labute approximate surface area is 132 Å². The Morgan fingerprint density at radius 2 is 1.91 bits per heavy atom. The van der Waals surface area contributed by atoms with Crippen molar-refractivity contribution in [1.82, 2.24) is 10.2 Å². The quantitative estimate of drug-likeness (QED) is 0.874. The molecule has 22 heavy (non-hydrogen) atoms. The summed E-state index contributed by atoms with van der Waals surface area (Å²) in [6, 6.07) is 13.3. The molecule has 4 nitrogen and oxygen atoms in total. The third kappa shape index (κ3) is 3.03. The third-order valence-electron chi connectivity index (χ3n) is 5.51. The molecule has 0 radical (unpaired) electrons. The average Bonchev–Trinajstić information content (AvgIpc) is 2.78. The molecule has 0 aliphatic carbocycles. The van der Waals surface area contributed by atoms with Gasteiger partial charge in [0.1, 0.15) is 0 Å². The molecule has 2 aliphatic heterocycles. The number of benzene rings is 1. The van der Waals surface area contributed by atoms with Gasteiger partial charge in [-0.15, -0.1) is 0 Å². The summed E-state index contributed by atoms with van der Waals surface area (Å²) in [6.07, 6.45) is 4.70. The van der Waals surface area contributed by atoms with Crippen LogP contribution in [0.15, 0.2) is 30.3 Å². The van der Waals surface area contributed by atoms with Gasteiger partial charge >= 0.3 is 0 Å². The average molecular weight is 299 g/mol. The molecule has 0 amide bonds. The molecule has 2 N–H and O–H groups in total. The molecule has 2 aliphatic rings. The maximum atomic E-state index is 9.70. The molecule has 4 atom stereocenters. The van der Waals surface area contributed by atoms with Crippen LogP contribution in [-0.2, 0) is 0 Å². The van der Waals surface area contributed by atoms with Gasteiger partial charge in [-0.2, -0.15) is 5.26 Å². The third-order valence-corrected chi connectivity index (χ3v) is 5.51. The summed E-state index contributed by atoms with van der Waals surface area (Å²) in [7, 11) is 2.22. The summed E-state index contributed by atoms with van der Waals surface area (Å²) < 4.78 is 0. The largest absolute Gasteiger partial charge is 0.394 e. The minimum absolute atomic E-state index is 0.0155. The predicted octanol–water partition coefficient (Wildman–Crippen LogP) is 2.07. The van der Waals surface area contributed by atoms with E-state index in [0.717, 1.165) is 18.4 Å². The Morgan fingerprint density at radius 1 is 1.27 bits per heavy atom. The molecule has 0 aromatic heterocycles. The monoisotopic (exact) mass is 299 g/mol. The fourth-order valence-electron chi connectivity index (χ4n) is 4.16. The summed E-state index contributed by atoms with van der Waals surface area (Å²) >= 11 is 0. The SMILES string of the molecule is CN1C2CCC1CC([C@@H](C#N)N[C@@H](CO)c1ccccc1)C2. The molecule has 118 valence electrons. The fourth-order valence-corrected chi connectivity index (χ4v) is 4.16.